The molecule has 4 heteroatoms. The van der Waals surface area contributed by atoms with Crippen molar-refractivity contribution in [3.05, 3.63) is 29.8 Å². The molecule has 0 atom stereocenters. The van der Waals surface area contributed by atoms with Crippen LogP contribution in [0.5, 0.6) is 0 Å². The number of rotatable bonds is 1. The van der Waals surface area contributed by atoms with Gasteiger partial charge >= 0.3 is 6.09 Å². The zero-order chi connectivity index (χ0) is 12.6. The molecule has 0 N–H and O–H groups in total. The molecule has 17 heavy (non-hydrogen) atoms. The van der Waals surface area contributed by atoms with E-state index in [4.69, 9.17) is 4.74 Å². The minimum atomic E-state index is -0.670. The van der Waals surface area contributed by atoms with E-state index >= 15 is 0 Å². The third-order valence-corrected chi connectivity index (χ3v) is 2.88. The van der Waals surface area contributed by atoms with E-state index in [9.17, 15) is 9.59 Å². The van der Waals surface area contributed by atoms with Crippen LogP contribution in [0.2, 0.25) is 0 Å². The second kappa shape index (κ2) is 3.87. The van der Waals surface area contributed by atoms with Crippen LogP contribution in [-0.2, 0) is 9.53 Å². The number of para-hydroxylation sites is 1. The van der Waals surface area contributed by atoms with Crippen LogP contribution >= 0.6 is 0 Å². The number of imide groups is 1. The van der Waals surface area contributed by atoms with Gasteiger partial charge in [0.05, 0.1) is 11.1 Å². The fourth-order valence-electron chi connectivity index (χ4n) is 1.78. The van der Waals surface area contributed by atoms with Crippen molar-refractivity contribution >= 4 is 17.7 Å². The Balaban J connectivity index is 2.46. The summed E-state index contributed by atoms with van der Waals surface area (Å²) in [4.78, 5) is 25.1. The van der Waals surface area contributed by atoms with E-state index in [1.165, 1.54) is 0 Å². The third kappa shape index (κ3) is 1.90. The Morgan fingerprint density at radius 3 is 2.53 bits per heavy atom. The Morgan fingerprint density at radius 1 is 1.24 bits per heavy atom. The first-order valence-corrected chi connectivity index (χ1v) is 5.50. The summed E-state index contributed by atoms with van der Waals surface area (Å²) in [6, 6.07) is 7.27. The molecule has 1 heterocycles. The topological polar surface area (TPSA) is 46.6 Å². The molecule has 0 aromatic heterocycles. The van der Waals surface area contributed by atoms with Crippen molar-refractivity contribution in [2.45, 2.75) is 20.8 Å². The van der Waals surface area contributed by atoms with Crippen molar-refractivity contribution < 1.29 is 14.3 Å². The van der Waals surface area contributed by atoms with E-state index in [1.807, 2.05) is 19.1 Å². The first kappa shape index (κ1) is 11.6. The van der Waals surface area contributed by atoms with Gasteiger partial charge in [-0.3, -0.25) is 4.79 Å². The van der Waals surface area contributed by atoms with Crippen molar-refractivity contribution in [2.24, 2.45) is 5.41 Å². The highest BCUT2D eigenvalue weighted by molar-refractivity contribution is 6.15. The number of hydrogen-bond acceptors (Lipinski definition) is 3. The number of carbonyl (C=O) groups excluding carboxylic acids is 2. The number of hydrogen-bond donors (Lipinski definition) is 0. The second-order valence-corrected chi connectivity index (χ2v) is 4.87. The number of amides is 2. The molecule has 90 valence electrons. The van der Waals surface area contributed by atoms with Crippen molar-refractivity contribution in [3.63, 3.8) is 0 Å². The normalized spacial score (nSPS) is 19.1. The van der Waals surface area contributed by atoms with Gasteiger partial charge in [-0.25, -0.2) is 9.69 Å². The van der Waals surface area contributed by atoms with Crippen LogP contribution in [0.1, 0.15) is 19.4 Å². The van der Waals surface area contributed by atoms with Crippen LogP contribution in [0.4, 0.5) is 10.5 Å². The molecule has 1 aromatic carbocycles. The smallest absolute Gasteiger partial charge is 0.421 e. The average Bonchev–Trinajstić information content (AvgIpc) is 2.27. The third-order valence-electron chi connectivity index (χ3n) is 2.88. The highest BCUT2D eigenvalue weighted by Crippen LogP contribution is 2.30. The molecular formula is C13H15NO3. The largest absolute Gasteiger partial charge is 0.448 e. The number of ether oxygens (including phenoxy) is 1. The predicted molar refractivity (Wildman–Crippen MR) is 63.8 cm³/mol. The fourth-order valence-corrected chi connectivity index (χ4v) is 1.78. The summed E-state index contributed by atoms with van der Waals surface area (Å²) in [7, 11) is 0. The predicted octanol–water partition coefficient (Wildman–Crippen LogP) is 2.50. The molecule has 1 saturated heterocycles. The van der Waals surface area contributed by atoms with Gasteiger partial charge in [-0.1, -0.05) is 18.2 Å². The van der Waals surface area contributed by atoms with Crippen molar-refractivity contribution in [3.8, 4) is 0 Å². The van der Waals surface area contributed by atoms with Crippen molar-refractivity contribution in [1.29, 1.82) is 0 Å². The SMILES string of the molecule is Cc1ccccc1N1C(=O)OCC(C)(C)C1=O. The maximum Gasteiger partial charge on any atom is 0.421 e. The summed E-state index contributed by atoms with van der Waals surface area (Å²) in [6.45, 7) is 5.53. The van der Waals surface area contributed by atoms with Gasteiger partial charge in [0.2, 0.25) is 5.91 Å². The Hall–Kier alpha value is -1.84. The molecule has 0 radical (unpaired) electrons. The van der Waals surface area contributed by atoms with E-state index < -0.39 is 11.5 Å². The summed E-state index contributed by atoms with van der Waals surface area (Å²) >= 11 is 0. The molecule has 1 aliphatic heterocycles. The molecule has 0 unspecified atom stereocenters. The minimum absolute atomic E-state index is 0.132. The molecule has 1 fully saturated rings. The number of cyclic esters (lactones) is 1. The first-order valence-electron chi connectivity index (χ1n) is 5.50. The molecule has 0 saturated carbocycles. The molecular weight excluding hydrogens is 218 g/mol. The lowest BCUT2D eigenvalue weighted by Crippen LogP contribution is -2.52. The maximum atomic E-state index is 12.2. The van der Waals surface area contributed by atoms with Crippen molar-refractivity contribution in [1.82, 2.24) is 0 Å². The summed E-state index contributed by atoms with van der Waals surface area (Å²) in [5.74, 6) is -0.219. The molecule has 0 spiro atoms. The number of benzene rings is 1. The highest BCUT2D eigenvalue weighted by atomic mass is 16.6. The molecule has 1 aromatic rings. The fraction of sp³-hybridized carbons (Fsp3) is 0.385. The highest BCUT2D eigenvalue weighted by Gasteiger charge is 2.43. The van der Waals surface area contributed by atoms with E-state index in [0.717, 1.165) is 10.5 Å². The van der Waals surface area contributed by atoms with Gasteiger partial charge in [-0.15, -0.1) is 0 Å². The van der Waals surface area contributed by atoms with Gasteiger partial charge in [-0.05, 0) is 32.4 Å². The van der Waals surface area contributed by atoms with E-state index in [1.54, 1.807) is 26.0 Å². The van der Waals surface area contributed by atoms with Gasteiger partial charge in [0.1, 0.15) is 6.61 Å². The second-order valence-electron chi connectivity index (χ2n) is 4.87. The van der Waals surface area contributed by atoms with Gasteiger partial charge in [0.15, 0.2) is 0 Å². The van der Waals surface area contributed by atoms with Crippen LogP contribution in [-0.4, -0.2) is 18.6 Å². The number of carbonyl (C=O) groups is 2. The van der Waals surface area contributed by atoms with E-state index in [0.29, 0.717) is 5.69 Å². The zero-order valence-corrected chi connectivity index (χ0v) is 10.2. The van der Waals surface area contributed by atoms with Gasteiger partial charge < -0.3 is 4.74 Å². The number of nitrogens with zero attached hydrogens (tertiary/aromatic N) is 1. The zero-order valence-electron chi connectivity index (χ0n) is 10.2. The molecule has 2 amide bonds. The lowest BCUT2D eigenvalue weighted by atomic mass is 9.91. The van der Waals surface area contributed by atoms with Gasteiger partial charge in [-0.2, -0.15) is 0 Å². The van der Waals surface area contributed by atoms with E-state index in [2.05, 4.69) is 0 Å². The van der Waals surface area contributed by atoms with E-state index in [-0.39, 0.29) is 12.5 Å². The number of anilines is 1. The molecule has 1 aliphatic rings. The lowest BCUT2D eigenvalue weighted by Gasteiger charge is -2.35. The summed E-state index contributed by atoms with van der Waals surface area (Å²) in [5.41, 5.74) is 0.793. The van der Waals surface area contributed by atoms with Crippen LogP contribution < -0.4 is 4.90 Å². The first-order chi connectivity index (χ1) is 7.93. The Bertz CT molecular complexity index is 479. The molecule has 0 aliphatic carbocycles. The van der Waals surface area contributed by atoms with Crippen LogP contribution in [0.3, 0.4) is 0 Å². The monoisotopic (exact) mass is 233 g/mol. The molecule has 4 nitrogen and oxygen atoms in total. The average molecular weight is 233 g/mol. The Kier molecular flexibility index (Phi) is 2.65. The number of aryl methyl sites for hydroxylation is 1. The molecule has 0 bridgehead atoms. The van der Waals surface area contributed by atoms with Gasteiger partial charge in [0, 0.05) is 0 Å². The summed E-state index contributed by atoms with van der Waals surface area (Å²) < 4.78 is 5.05. The Labute approximate surface area is 100 Å². The van der Waals surface area contributed by atoms with Crippen LogP contribution in [0.25, 0.3) is 0 Å². The maximum absolute atomic E-state index is 12.2. The Morgan fingerprint density at radius 2 is 1.88 bits per heavy atom. The lowest BCUT2D eigenvalue weighted by molar-refractivity contribution is -0.130. The quantitative estimate of drug-likeness (QED) is 0.748. The minimum Gasteiger partial charge on any atom is -0.448 e. The van der Waals surface area contributed by atoms with Crippen molar-refractivity contribution in [2.75, 3.05) is 11.5 Å². The van der Waals surface area contributed by atoms with Crippen LogP contribution in [0, 0.1) is 12.3 Å². The van der Waals surface area contributed by atoms with Crippen LogP contribution in [0.15, 0.2) is 24.3 Å². The standard InChI is InChI=1S/C13H15NO3/c1-9-6-4-5-7-10(9)14-11(15)13(2,3)8-17-12(14)16/h4-7H,8H2,1-3H3. The summed E-state index contributed by atoms with van der Waals surface area (Å²) in [6.07, 6.45) is -0.594. The van der Waals surface area contributed by atoms with Gasteiger partial charge in [0.25, 0.3) is 0 Å². The molecule has 2 rings (SSSR count). The summed E-state index contributed by atoms with van der Waals surface area (Å²) in [5, 5.41) is 0.